The van der Waals surface area contributed by atoms with E-state index in [1.807, 2.05) is 0 Å². The molecule has 0 unspecified atom stereocenters. The van der Waals surface area contributed by atoms with Crippen molar-refractivity contribution in [1.29, 1.82) is 0 Å². The average Bonchev–Trinajstić information content (AvgIpc) is 3.49. The second kappa shape index (κ2) is 6.96. The van der Waals surface area contributed by atoms with Gasteiger partial charge in [0.05, 0.1) is 11.7 Å². The Kier molecular flexibility index (Phi) is 4.99. The largest absolute Gasteiger partial charge is 0.393 e. The molecular formula is C27H46O2. The van der Waals surface area contributed by atoms with E-state index in [2.05, 4.69) is 27.7 Å². The van der Waals surface area contributed by atoms with Gasteiger partial charge in [-0.05, 0) is 129 Å². The lowest BCUT2D eigenvalue weighted by Gasteiger charge is -2.62. The van der Waals surface area contributed by atoms with Crippen molar-refractivity contribution in [3.8, 4) is 0 Å². The third-order valence-electron chi connectivity index (χ3n) is 11.8. The smallest absolute Gasteiger partial charge is 0.0648 e. The second-order valence-electron chi connectivity index (χ2n) is 12.9. The number of aliphatic hydroxyl groups excluding tert-OH is 1. The van der Waals surface area contributed by atoms with Crippen LogP contribution in [-0.2, 0) is 0 Å². The Hall–Kier alpha value is -0.0800. The van der Waals surface area contributed by atoms with E-state index in [0.29, 0.717) is 22.7 Å². The van der Waals surface area contributed by atoms with E-state index in [9.17, 15) is 10.2 Å². The summed E-state index contributed by atoms with van der Waals surface area (Å²) in [4.78, 5) is 0. The van der Waals surface area contributed by atoms with Crippen molar-refractivity contribution in [3.05, 3.63) is 0 Å². The van der Waals surface area contributed by atoms with Crippen LogP contribution < -0.4 is 0 Å². The number of fused-ring (bicyclic) bond motifs is 5. The fourth-order valence-corrected chi connectivity index (χ4v) is 9.65. The molecule has 0 bridgehead atoms. The van der Waals surface area contributed by atoms with Gasteiger partial charge in [-0.3, -0.25) is 0 Å². The molecular weight excluding hydrogens is 356 g/mol. The molecule has 0 aromatic carbocycles. The molecule has 0 aromatic heterocycles. The minimum Gasteiger partial charge on any atom is -0.393 e. The van der Waals surface area contributed by atoms with Gasteiger partial charge in [0.1, 0.15) is 0 Å². The first-order valence-electron chi connectivity index (χ1n) is 13.1. The highest BCUT2D eigenvalue weighted by Gasteiger charge is 2.62. The molecule has 0 heterocycles. The fourth-order valence-electron chi connectivity index (χ4n) is 9.65. The molecule has 166 valence electrons. The third-order valence-corrected chi connectivity index (χ3v) is 11.8. The lowest BCUT2D eigenvalue weighted by Crippen LogP contribution is -2.56. The van der Waals surface area contributed by atoms with Crippen LogP contribution in [-0.4, -0.2) is 21.9 Å². The highest BCUT2D eigenvalue weighted by Crippen LogP contribution is 2.69. The zero-order chi connectivity index (χ0) is 20.6. The average molecular weight is 403 g/mol. The molecule has 2 heteroatoms. The van der Waals surface area contributed by atoms with Gasteiger partial charge in [-0.15, -0.1) is 0 Å². The molecule has 0 amide bonds. The Bertz CT molecular complexity index is 628. The van der Waals surface area contributed by atoms with Crippen LogP contribution in [0.3, 0.4) is 0 Å². The summed E-state index contributed by atoms with van der Waals surface area (Å²) in [6, 6.07) is 0. The van der Waals surface area contributed by atoms with Gasteiger partial charge in [0.15, 0.2) is 0 Å². The number of hydrogen-bond donors (Lipinski definition) is 2. The summed E-state index contributed by atoms with van der Waals surface area (Å²) in [6.07, 6.45) is 15.0. The van der Waals surface area contributed by atoms with Crippen LogP contribution in [0, 0.1) is 52.3 Å². The maximum atomic E-state index is 11.0. The van der Waals surface area contributed by atoms with Crippen molar-refractivity contribution in [1.82, 2.24) is 0 Å². The molecule has 29 heavy (non-hydrogen) atoms. The Balaban J connectivity index is 1.35. The molecule has 0 spiro atoms. The first-order chi connectivity index (χ1) is 13.7. The van der Waals surface area contributed by atoms with E-state index in [1.54, 1.807) is 0 Å². The van der Waals surface area contributed by atoms with Crippen LogP contribution in [0.1, 0.15) is 105 Å². The number of aliphatic hydroxyl groups is 2. The van der Waals surface area contributed by atoms with Gasteiger partial charge in [0, 0.05) is 0 Å². The summed E-state index contributed by atoms with van der Waals surface area (Å²) in [5.41, 5.74) is 0.536. The monoisotopic (exact) mass is 402 g/mol. The SMILES string of the molecule is CC[C@]1(O)CC[C@@]2(C)[C@@H](CC[C@@H]3[C@@H]2CC[C@]2(C)[C@@H]([C@H](C)[C@@H](O)C4CC4)CC[C@@H]32)C1. The Morgan fingerprint density at radius 2 is 1.59 bits per heavy atom. The summed E-state index contributed by atoms with van der Waals surface area (Å²) in [7, 11) is 0. The van der Waals surface area contributed by atoms with Gasteiger partial charge < -0.3 is 10.2 Å². The summed E-state index contributed by atoms with van der Waals surface area (Å²) in [6.45, 7) is 9.78. The zero-order valence-corrected chi connectivity index (χ0v) is 19.5. The number of hydrogen-bond acceptors (Lipinski definition) is 2. The molecule has 0 aliphatic heterocycles. The molecule has 5 aliphatic carbocycles. The van der Waals surface area contributed by atoms with E-state index in [0.717, 1.165) is 48.9 Å². The van der Waals surface area contributed by atoms with Crippen LogP contribution in [0.5, 0.6) is 0 Å². The fraction of sp³-hybridized carbons (Fsp3) is 1.00. The van der Waals surface area contributed by atoms with Crippen molar-refractivity contribution in [3.63, 3.8) is 0 Å². The summed E-state index contributed by atoms with van der Waals surface area (Å²) >= 11 is 0. The highest BCUT2D eigenvalue weighted by molar-refractivity contribution is 5.11. The Labute approximate surface area is 179 Å². The molecule has 5 fully saturated rings. The van der Waals surface area contributed by atoms with Gasteiger partial charge in [-0.2, -0.15) is 0 Å². The van der Waals surface area contributed by atoms with Crippen LogP contribution in [0.15, 0.2) is 0 Å². The third kappa shape index (κ3) is 3.09. The van der Waals surface area contributed by atoms with Crippen LogP contribution in [0.2, 0.25) is 0 Å². The molecule has 0 saturated heterocycles. The Morgan fingerprint density at radius 3 is 2.28 bits per heavy atom. The minimum absolute atomic E-state index is 0.0494. The van der Waals surface area contributed by atoms with E-state index in [1.165, 1.54) is 57.8 Å². The van der Waals surface area contributed by atoms with E-state index >= 15 is 0 Å². The highest BCUT2D eigenvalue weighted by atomic mass is 16.3. The lowest BCUT2D eigenvalue weighted by molar-refractivity contribution is -0.154. The molecule has 5 rings (SSSR count). The minimum atomic E-state index is -0.382. The first-order valence-corrected chi connectivity index (χ1v) is 13.1. The normalized spacial score (nSPS) is 54.2. The molecule has 5 aliphatic rings. The maximum absolute atomic E-state index is 11.0. The lowest BCUT2D eigenvalue weighted by atomic mass is 9.43. The van der Waals surface area contributed by atoms with Gasteiger partial charge in [0.2, 0.25) is 0 Å². The first kappa shape index (κ1) is 20.8. The summed E-state index contributed by atoms with van der Waals surface area (Å²) < 4.78 is 0. The van der Waals surface area contributed by atoms with Gasteiger partial charge >= 0.3 is 0 Å². The molecule has 0 radical (unpaired) electrons. The van der Waals surface area contributed by atoms with Gasteiger partial charge in [-0.25, -0.2) is 0 Å². The van der Waals surface area contributed by atoms with Crippen molar-refractivity contribution < 1.29 is 10.2 Å². The van der Waals surface area contributed by atoms with E-state index in [-0.39, 0.29) is 11.7 Å². The molecule has 10 atom stereocenters. The van der Waals surface area contributed by atoms with Gasteiger partial charge in [-0.1, -0.05) is 27.7 Å². The second-order valence-corrected chi connectivity index (χ2v) is 12.9. The summed E-state index contributed by atoms with van der Waals surface area (Å²) in [5.74, 6) is 5.21. The predicted octanol–water partition coefficient (Wildman–Crippen LogP) is 6.19. The quantitative estimate of drug-likeness (QED) is 0.588. The molecule has 0 aromatic rings. The Morgan fingerprint density at radius 1 is 0.862 bits per heavy atom. The number of rotatable bonds is 4. The molecule has 2 N–H and O–H groups in total. The maximum Gasteiger partial charge on any atom is 0.0648 e. The van der Waals surface area contributed by atoms with E-state index < -0.39 is 0 Å². The van der Waals surface area contributed by atoms with Crippen molar-refractivity contribution >= 4 is 0 Å². The van der Waals surface area contributed by atoms with Crippen molar-refractivity contribution in [2.75, 3.05) is 0 Å². The summed E-state index contributed by atoms with van der Waals surface area (Å²) in [5, 5.41) is 21.9. The standard InChI is InChI=1S/C27H46O2/c1-5-27(29)15-14-25(3)19(16-27)8-9-20-22-11-10-21(17(2)24(28)18-6-7-18)26(22,4)13-12-23(20)25/h17-24,28-29H,5-16H2,1-4H3/t17-,19-,20-,21+,22-,23-,24+,25-,26+,27-/m0/s1. The van der Waals surface area contributed by atoms with Crippen molar-refractivity contribution in [2.45, 2.75) is 116 Å². The topological polar surface area (TPSA) is 40.5 Å². The predicted molar refractivity (Wildman–Crippen MR) is 118 cm³/mol. The molecule has 5 saturated carbocycles. The van der Waals surface area contributed by atoms with Crippen LogP contribution in [0.25, 0.3) is 0 Å². The zero-order valence-electron chi connectivity index (χ0n) is 19.5. The molecule has 2 nitrogen and oxygen atoms in total. The van der Waals surface area contributed by atoms with Gasteiger partial charge in [0.25, 0.3) is 0 Å². The van der Waals surface area contributed by atoms with Crippen molar-refractivity contribution in [2.24, 2.45) is 52.3 Å². The van der Waals surface area contributed by atoms with Crippen LogP contribution in [0.4, 0.5) is 0 Å². The van der Waals surface area contributed by atoms with Crippen LogP contribution >= 0.6 is 0 Å². The van der Waals surface area contributed by atoms with E-state index in [4.69, 9.17) is 0 Å².